The maximum atomic E-state index is 11.9. The van der Waals surface area contributed by atoms with Crippen molar-refractivity contribution in [2.75, 3.05) is 11.9 Å². The van der Waals surface area contributed by atoms with E-state index in [-0.39, 0.29) is 5.91 Å². The fourth-order valence-corrected chi connectivity index (χ4v) is 2.25. The minimum Gasteiger partial charge on any atom is -0.369 e. The van der Waals surface area contributed by atoms with Gasteiger partial charge in [-0.05, 0) is 13.3 Å². The van der Waals surface area contributed by atoms with Crippen molar-refractivity contribution in [3.05, 3.63) is 34.2 Å². The topological polar surface area (TPSA) is 79.8 Å². The Balaban J connectivity index is 1.88. The van der Waals surface area contributed by atoms with E-state index in [1.807, 2.05) is 6.92 Å². The number of carbonyl (C=O) groups is 1. The first-order chi connectivity index (χ1) is 9.69. The summed E-state index contributed by atoms with van der Waals surface area (Å²) < 4.78 is 0. The van der Waals surface area contributed by atoms with E-state index in [1.165, 1.54) is 6.20 Å². The van der Waals surface area contributed by atoms with Gasteiger partial charge in [-0.3, -0.25) is 4.79 Å². The molecular weight excluding hydrogens is 274 g/mol. The summed E-state index contributed by atoms with van der Waals surface area (Å²) in [5, 5.41) is 6.76. The number of carbonyl (C=O) groups excluding carboxylic acids is 1. The molecule has 106 valence electrons. The first-order valence-corrected chi connectivity index (χ1v) is 7.26. The number of nitrogens with one attached hydrogen (secondary N) is 2. The van der Waals surface area contributed by atoms with E-state index < -0.39 is 0 Å². The molecule has 7 heteroatoms. The molecule has 6 nitrogen and oxygen atoms in total. The van der Waals surface area contributed by atoms with Gasteiger partial charge in [0.1, 0.15) is 16.5 Å². The molecule has 2 aromatic rings. The van der Waals surface area contributed by atoms with Crippen LogP contribution in [0.15, 0.2) is 18.6 Å². The van der Waals surface area contributed by atoms with Crippen molar-refractivity contribution in [2.24, 2.45) is 0 Å². The Labute approximate surface area is 121 Å². The quantitative estimate of drug-likeness (QED) is 0.851. The zero-order valence-corrected chi connectivity index (χ0v) is 12.3. The van der Waals surface area contributed by atoms with Crippen LogP contribution in [0.4, 0.5) is 5.82 Å². The van der Waals surface area contributed by atoms with Gasteiger partial charge in [0, 0.05) is 17.6 Å². The lowest BCUT2D eigenvalue weighted by molar-refractivity contribution is 0.0945. The molecule has 0 atom stereocenters. The van der Waals surface area contributed by atoms with Gasteiger partial charge in [0.2, 0.25) is 0 Å². The van der Waals surface area contributed by atoms with Crippen LogP contribution in [0.25, 0.3) is 0 Å². The molecule has 0 spiro atoms. The van der Waals surface area contributed by atoms with E-state index in [0.29, 0.717) is 18.1 Å². The van der Waals surface area contributed by atoms with Gasteiger partial charge in [-0.2, -0.15) is 0 Å². The third-order valence-electron chi connectivity index (χ3n) is 2.51. The molecule has 0 bridgehead atoms. The van der Waals surface area contributed by atoms with Crippen LogP contribution in [-0.4, -0.2) is 27.4 Å². The Morgan fingerprint density at radius 2 is 2.10 bits per heavy atom. The third-order valence-corrected chi connectivity index (χ3v) is 3.42. The van der Waals surface area contributed by atoms with E-state index >= 15 is 0 Å². The number of rotatable bonds is 6. The van der Waals surface area contributed by atoms with Gasteiger partial charge < -0.3 is 10.6 Å². The van der Waals surface area contributed by atoms with Crippen LogP contribution in [0.3, 0.4) is 0 Å². The fraction of sp³-hybridized carbons (Fsp3) is 0.385. The molecule has 0 unspecified atom stereocenters. The molecule has 0 radical (unpaired) electrons. The highest BCUT2D eigenvalue weighted by atomic mass is 32.1. The second kappa shape index (κ2) is 6.95. The fourth-order valence-electron chi connectivity index (χ4n) is 1.52. The SMILES string of the molecule is CCCNc1cnc(C(=O)NCc2ncc(C)s2)cn1. The summed E-state index contributed by atoms with van der Waals surface area (Å²) in [5.41, 5.74) is 0.306. The van der Waals surface area contributed by atoms with Crippen LogP contribution in [-0.2, 0) is 6.54 Å². The summed E-state index contributed by atoms with van der Waals surface area (Å²) in [7, 11) is 0. The molecule has 0 aliphatic heterocycles. The monoisotopic (exact) mass is 291 g/mol. The molecular formula is C13H17N5OS. The number of anilines is 1. The van der Waals surface area contributed by atoms with Crippen molar-refractivity contribution in [3.63, 3.8) is 0 Å². The summed E-state index contributed by atoms with van der Waals surface area (Å²) >= 11 is 1.56. The Bertz CT molecular complexity index is 566. The van der Waals surface area contributed by atoms with E-state index in [0.717, 1.165) is 22.9 Å². The maximum absolute atomic E-state index is 11.9. The molecule has 0 aliphatic rings. The molecule has 0 saturated heterocycles. The Morgan fingerprint density at radius 3 is 2.70 bits per heavy atom. The van der Waals surface area contributed by atoms with Crippen LogP contribution in [0.1, 0.15) is 33.7 Å². The van der Waals surface area contributed by atoms with Crippen LogP contribution in [0.5, 0.6) is 0 Å². The number of thiazole rings is 1. The summed E-state index contributed by atoms with van der Waals surface area (Å²) in [4.78, 5) is 25.4. The summed E-state index contributed by atoms with van der Waals surface area (Å²) in [6.07, 6.45) is 5.84. The van der Waals surface area contributed by atoms with Gasteiger partial charge in [0.05, 0.1) is 18.9 Å². The molecule has 2 aromatic heterocycles. The molecule has 20 heavy (non-hydrogen) atoms. The highest BCUT2D eigenvalue weighted by molar-refractivity contribution is 7.11. The van der Waals surface area contributed by atoms with Gasteiger partial charge in [-0.1, -0.05) is 6.92 Å². The largest absolute Gasteiger partial charge is 0.369 e. The van der Waals surface area contributed by atoms with E-state index in [4.69, 9.17) is 0 Å². The van der Waals surface area contributed by atoms with Crippen LogP contribution >= 0.6 is 11.3 Å². The van der Waals surface area contributed by atoms with Crippen molar-refractivity contribution < 1.29 is 4.79 Å². The highest BCUT2D eigenvalue weighted by Gasteiger charge is 2.08. The van der Waals surface area contributed by atoms with Gasteiger partial charge in [-0.15, -0.1) is 11.3 Å². The Morgan fingerprint density at radius 1 is 1.25 bits per heavy atom. The van der Waals surface area contributed by atoms with Gasteiger partial charge >= 0.3 is 0 Å². The molecule has 2 heterocycles. The van der Waals surface area contributed by atoms with Gasteiger partial charge in [-0.25, -0.2) is 15.0 Å². The predicted octanol–water partition coefficient (Wildman–Crippen LogP) is 1.99. The van der Waals surface area contributed by atoms with E-state index in [9.17, 15) is 4.79 Å². The number of aryl methyl sites for hydroxylation is 1. The lowest BCUT2D eigenvalue weighted by atomic mass is 10.4. The molecule has 0 saturated carbocycles. The minimum atomic E-state index is -0.243. The zero-order valence-electron chi connectivity index (χ0n) is 11.5. The van der Waals surface area contributed by atoms with Crippen molar-refractivity contribution in [1.29, 1.82) is 0 Å². The van der Waals surface area contributed by atoms with E-state index in [2.05, 4.69) is 32.5 Å². The lowest BCUT2D eigenvalue weighted by Gasteiger charge is -2.05. The predicted molar refractivity (Wildman–Crippen MR) is 78.8 cm³/mol. The summed E-state index contributed by atoms with van der Waals surface area (Å²) in [6.45, 7) is 5.30. The first-order valence-electron chi connectivity index (χ1n) is 6.44. The number of amides is 1. The minimum absolute atomic E-state index is 0.243. The van der Waals surface area contributed by atoms with Crippen LogP contribution < -0.4 is 10.6 Å². The normalized spacial score (nSPS) is 10.3. The molecule has 0 aliphatic carbocycles. The second-order valence-corrected chi connectivity index (χ2v) is 5.58. The molecule has 0 fully saturated rings. The number of hydrogen-bond donors (Lipinski definition) is 2. The van der Waals surface area contributed by atoms with Crippen molar-refractivity contribution in [1.82, 2.24) is 20.3 Å². The van der Waals surface area contributed by atoms with Gasteiger partial charge in [0.15, 0.2) is 0 Å². The van der Waals surface area contributed by atoms with Crippen LogP contribution in [0, 0.1) is 6.92 Å². The molecule has 1 amide bonds. The molecule has 2 rings (SSSR count). The van der Waals surface area contributed by atoms with Crippen molar-refractivity contribution in [3.8, 4) is 0 Å². The van der Waals surface area contributed by atoms with Crippen molar-refractivity contribution >= 4 is 23.1 Å². The summed E-state index contributed by atoms with van der Waals surface area (Å²) in [5.74, 6) is 0.436. The second-order valence-electron chi connectivity index (χ2n) is 4.26. The average Bonchev–Trinajstić information content (AvgIpc) is 2.89. The molecule has 2 N–H and O–H groups in total. The van der Waals surface area contributed by atoms with E-state index in [1.54, 1.807) is 23.7 Å². The highest BCUT2D eigenvalue weighted by Crippen LogP contribution is 2.10. The smallest absolute Gasteiger partial charge is 0.271 e. The number of nitrogens with zero attached hydrogens (tertiary/aromatic N) is 3. The number of aromatic nitrogens is 3. The average molecular weight is 291 g/mol. The maximum Gasteiger partial charge on any atom is 0.271 e. The Hall–Kier alpha value is -2.02. The molecule has 0 aromatic carbocycles. The first kappa shape index (κ1) is 14.4. The lowest BCUT2D eigenvalue weighted by Crippen LogP contribution is -2.24. The Kier molecular flexibility index (Phi) is 5.00. The van der Waals surface area contributed by atoms with Crippen LogP contribution in [0.2, 0.25) is 0 Å². The number of hydrogen-bond acceptors (Lipinski definition) is 6. The standard InChI is InChI=1S/C13H17N5OS/c1-3-4-14-11-7-15-10(6-16-11)13(19)18-8-12-17-5-9(2)20-12/h5-7H,3-4,8H2,1-2H3,(H,14,16)(H,18,19). The third kappa shape index (κ3) is 3.99. The van der Waals surface area contributed by atoms with Crippen molar-refractivity contribution in [2.45, 2.75) is 26.8 Å². The summed E-state index contributed by atoms with van der Waals surface area (Å²) in [6, 6.07) is 0. The zero-order chi connectivity index (χ0) is 14.4. The van der Waals surface area contributed by atoms with Gasteiger partial charge in [0.25, 0.3) is 5.91 Å².